The van der Waals surface area contributed by atoms with Gasteiger partial charge in [0, 0.05) is 50.6 Å². The van der Waals surface area contributed by atoms with Gasteiger partial charge >= 0.3 is 0 Å². The van der Waals surface area contributed by atoms with E-state index >= 15 is 0 Å². The Hall–Kier alpha value is -6.06. The molecular weight excluding hydrogens is 621 g/mol. The van der Waals surface area contributed by atoms with Crippen LogP contribution in [0.4, 0.5) is 11.4 Å². The molecule has 0 saturated carbocycles. The molecule has 0 amide bonds. The fourth-order valence-electron chi connectivity index (χ4n) is 9.09. The van der Waals surface area contributed by atoms with Gasteiger partial charge in [-0.25, -0.2) is 0 Å². The maximum atomic E-state index is 6.25. The SMILES string of the molecule is C1=CCC(c2ccc(-n3c4ccccc4c4cc(C5=CC6C(C=C5)c5ccccc5N6c5ccc6oc7c(c6c5)CCC=C7)ccc43)cc2)C=C1. The molecule has 1 aliphatic heterocycles. The lowest BCUT2D eigenvalue weighted by Crippen LogP contribution is -2.29. The third-order valence-electron chi connectivity index (χ3n) is 11.5. The lowest BCUT2D eigenvalue weighted by molar-refractivity contribution is 0.595. The molecule has 0 N–H and O–H groups in total. The van der Waals surface area contributed by atoms with Crippen LogP contribution in [0.2, 0.25) is 0 Å². The van der Waals surface area contributed by atoms with Crippen molar-refractivity contribution < 1.29 is 4.42 Å². The number of nitrogens with zero attached hydrogens (tertiary/aromatic N) is 2. The van der Waals surface area contributed by atoms with Gasteiger partial charge in [-0.3, -0.25) is 0 Å². The molecule has 0 bridgehead atoms. The Kier molecular flexibility index (Phi) is 6.33. The van der Waals surface area contributed by atoms with Crippen molar-refractivity contribution in [2.45, 2.75) is 37.1 Å². The number of aryl methyl sites for hydroxylation is 1. The van der Waals surface area contributed by atoms with Crippen LogP contribution in [0.25, 0.3) is 50.1 Å². The standard InChI is InChI=1S/C48H36N2O/c1-2-10-31(11-3-1)32-18-22-35(23-19-32)49-44-16-8-5-13-38(44)41-28-33(21-26-45(41)49)34-20-25-39-37-12-4-7-15-43(37)50(46(39)29-34)36-24-27-48-42(30-36)40-14-6-9-17-47(40)51-48/h1-5,7-10,12-13,15-31,39,46H,6,11,14H2. The maximum Gasteiger partial charge on any atom is 0.135 e. The molecule has 11 rings (SSSR count). The minimum atomic E-state index is 0.174. The number of benzene rings is 5. The van der Waals surface area contributed by atoms with Crippen LogP contribution in [0.5, 0.6) is 0 Å². The minimum Gasteiger partial charge on any atom is -0.456 e. The molecule has 0 saturated heterocycles. The molecule has 7 aromatic rings. The summed E-state index contributed by atoms with van der Waals surface area (Å²) in [5.41, 5.74) is 13.7. The second-order valence-electron chi connectivity index (χ2n) is 14.3. The fourth-order valence-corrected chi connectivity index (χ4v) is 9.09. The molecule has 244 valence electrons. The van der Waals surface area contributed by atoms with Gasteiger partial charge in [0.15, 0.2) is 0 Å². The zero-order chi connectivity index (χ0) is 33.5. The molecule has 0 radical (unpaired) electrons. The summed E-state index contributed by atoms with van der Waals surface area (Å²) in [4.78, 5) is 2.55. The quantitative estimate of drug-likeness (QED) is 0.188. The van der Waals surface area contributed by atoms with Gasteiger partial charge in [-0.2, -0.15) is 0 Å². The van der Waals surface area contributed by atoms with Crippen molar-refractivity contribution in [2.75, 3.05) is 4.90 Å². The van der Waals surface area contributed by atoms with Gasteiger partial charge in [0.1, 0.15) is 11.3 Å². The lowest BCUT2D eigenvalue weighted by Gasteiger charge is -2.30. The summed E-state index contributed by atoms with van der Waals surface area (Å²) in [6.45, 7) is 0. The first-order chi connectivity index (χ1) is 25.3. The van der Waals surface area contributed by atoms with Crippen molar-refractivity contribution in [1.82, 2.24) is 4.57 Å². The van der Waals surface area contributed by atoms with Crippen LogP contribution in [-0.2, 0) is 6.42 Å². The minimum absolute atomic E-state index is 0.174. The average Bonchev–Trinajstić information content (AvgIpc) is 3.85. The molecule has 51 heavy (non-hydrogen) atoms. The Bertz CT molecular complexity index is 2690. The normalized spacial score (nSPS) is 20.3. The van der Waals surface area contributed by atoms with Gasteiger partial charge in [0.05, 0.1) is 17.1 Å². The Morgan fingerprint density at radius 1 is 0.667 bits per heavy atom. The zero-order valence-corrected chi connectivity index (χ0v) is 28.2. The van der Waals surface area contributed by atoms with Crippen LogP contribution < -0.4 is 4.90 Å². The summed E-state index contributed by atoms with van der Waals surface area (Å²) in [5, 5.41) is 3.79. The molecule has 3 heterocycles. The van der Waals surface area contributed by atoms with E-state index in [-0.39, 0.29) is 12.0 Å². The van der Waals surface area contributed by atoms with E-state index in [2.05, 4.69) is 173 Å². The molecule has 0 fully saturated rings. The van der Waals surface area contributed by atoms with Gasteiger partial charge in [-0.1, -0.05) is 103 Å². The van der Waals surface area contributed by atoms with E-state index in [1.54, 1.807) is 0 Å². The second kappa shape index (κ2) is 11.2. The second-order valence-corrected chi connectivity index (χ2v) is 14.3. The summed E-state index contributed by atoms with van der Waals surface area (Å²) in [6.07, 6.45) is 23.6. The predicted octanol–water partition coefficient (Wildman–Crippen LogP) is 12.3. The largest absolute Gasteiger partial charge is 0.456 e. The molecule has 3 unspecified atom stereocenters. The van der Waals surface area contributed by atoms with Gasteiger partial charge in [0.25, 0.3) is 0 Å². The molecule has 0 spiro atoms. The van der Waals surface area contributed by atoms with Gasteiger partial charge < -0.3 is 13.9 Å². The Balaban J connectivity index is 1.00. The highest BCUT2D eigenvalue weighted by Gasteiger charge is 2.38. The molecule has 4 aliphatic rings. The number of fused-ring (bicyclic) bond motifs is 9. The predicted molar refractivity (Wildman–Crippen MR) is 212 cm³/mol. The third kappa shape index (κ3) is 4.44. The number of furan rings is 1. The summed E-state index contributed by atoms with van der Waals surface area (Å²) < 4.78 is 8.67. The van der Waals surface area contributed by atoms with Crippen molar-refractivity contribution >= 4 is 55.8 Å². The summed E-state index contributed by atoms with van der Waals surface area (Å²) in [7, 11) is 0. The smallest absolute Gasteiger partial charge is 0.135 e. The number of para-hydroxylation sites is 2. The Morgan fingerprint density at radius 2 is 1.53 bits per heavy atom. The number of rotatable bonds is 4. The first-order valence-electron chi connectivity index (χ1n) is 18.3. The van der Waals surface area contributed by atoms with Crippen LogP contribution in [0.1, 0.15) is 52.7 Å². The van der Waals surface area contributed by atoms with Crippen molar-refractivity contribution in [1.29, 1.82) is 0 Å². The van der Waals surface area contributed by atoms with Gasteiger partial charge in [-0.05, 0) is 102 Å². The number of hydrogen-bond donors (Lipinski definition) is 0. The molecule has 3 nitrogen and oxygen atoms in total. The highest BCUT2D eigenvalue weighted by atomic mass is 16.3. The highest BCUT2D eigenvalue weighted by Crippen LogP contribution is 2.50. The first-order valence-corrected chi connectivity index (χ1v) is 18.3. The monoisotopic (exact) mass is 656 g/mol. The Labute approximate surface area is 297 Å². The van der Waals surface area contributed by atoms with Crippen LogP contribution in [0.3, 0.4) is 0 Å². The highest BCUT2D eigenvalue weighted by molar-refractivity contribution is 6.10. The summed E-state index contributed by atoms with van der Waals surface area (Å²) in [5.74, 6) is 1.75. The summed E-state index contributed by atoms with van der Waals surface area (Å²) in [6, 6.07) is 40.9. The van der Waals surface area contributed by atoms with Gasteiger partial charge in [-0.15, -0.1) is 0 Å². The molecular formula is C48H36N2O. The molecule has 3 atom stereocenters. The van der Waals surface area contributed by atoms with E-state index in [1.165, 1.54) is 72.1 Å². The van der Waals surface area contributed by atoms with E-state index in [4.69, 9.17) is 4.42 Å². The van der Waals surface area contributed by atoms with Crippen molar-refractivity contribution in [3.05, 3.63) is 186 Å². The van der Waals surface area contributed by atoms with Crippen LogP contribution >= 0.6 is 0 Å². The number of anilines is 2. The number of allylic oxidation sites excluding steroid dienone is 7. The molecule has 5 aromatic carbocycles. The van der Waals surface area contributed by atoms with E-state index in [9.17, 15) is 0 Å². The maximum absolute atomic E-state index is 6.25. The zero-order valence-electron chi connectivity index (χ0n) is 28.2. The van der Waals surface area contributed by atoms with E-state index in [0.717, 1.165) is 30.6 Å². The molecule has 3 heteroatoms. The van der Waals surface area contributed by atoms with E-state index in [1.807, 2.05) is 0 Å². The fraction of sp³-hybridized carbons (Fsp3) is 0.125. The average molecular weight is 657 g/mol. The summed E-state index contributed by atoms with van der Waals surface area (Å²) >= 11 is 0. The topological polar surface area (TPSA) is 21.3 Å². The molecule has 3 aliphatic carbocycles. The van der Waals surface area contributed by atoms with Crippen LogP contribution in [0, 0.1) is 0 Å². The molecule has 2 aromatic heterocycles. The van der Waals surface area contributed by atoms with Crippen molar-refractivity contribution in [3.63, 3.8) is 0 Å². The van der Waals surface area contributed by atoms with E-state index < -0.39 is 0 Å². The van der Waals surface area contributed by atoms with Crippen LogP contribution in [-0.4, -0.2) is 10.6 Å². The third-order valence-corrected chi connectivity index (χ3v) is 11.5. The van der Waals surface area contributed by atoms with E-state index in [0.29, 0.717) is 5.92 Å². The van der Waals surface area contributed by atoms with Crippen molar-refractivity contribution in [3.8, 4) is 5.69 Å². The lowest BCUT2D eigenvalue weighted by atomic mass is 9.86. The van der Waals surface area contributed by atoms with Crippen LogP contribution in [0.15, 0.2) is 162 Å². The van der Waals surface area contributed by atoms with Gasteiger partial charge in [0.2, 0.25) is 0 Å². The van der Waals surface area contributed by atoms with Crippen molar-refractivity contribution in [2.24, 2.45) is 0 Å². The number of aromatic nitrogens is 1. The Morgan fingerprint density at radius 3 is 2.45 bits per heavy atom. The first kappa shape index (κ1) is 28.7. The number of hydrogen-bond acceptors (Lipinski definition) is 2.